The molecule has 0 saturated carbocycles. The van der Waals surface area contributed by atoms with Crippen LogP contribution in [0.3, 0.4) is 0 Å². The predicted octanol–water partition coefficient (Wildman–Crippen LogP) is 3.25. The van der Waals surface area contributed by atoms with Crippen molar-refractivity contribution in [3.8, 4) is 0 Å². The molecular weight excluding hydrogens is 384 g/mol. The van der Waals surface area contributed by atoms with Gasteiger partial charge in [0.2, 0.25) is 0 Å². The van der Waals surface area contributed by atoms with Gasteiger partial charge in [-0.25, -0.2) is 0 Å². The lowest BCUT2D eigenvalue weighted by Gasteiger charge is -2.16. The van der Waals surface area contributed by atoms with E-state index in [1.165, 1.54) is 6.92 Å². The number of nitrogens with one attached hydrogen (secondary N) is 1. The standard InChI is InChI=1S/C23H24N2O5/c1-14-10-11-19(15(2)13-14)24-21(27)16(3)30-20(26)9-6-12-25-22(28)17-7-4-5-8-18(17)23(25)29/h4-5,7-8,10-11,13,16H,6,9,12H2,1-3H3,(H,24,27)/t16-/m0/s1. The van der Waals surface area contributed by atoms with Crippen LogP contribution in [-0.2, 0) is 14.3 Å². The van der Waals surface area contributed by atoms with Gasteiger partial charge < -0.3 is 10.1 Å². The Hall–Kier alpha value is -3.48. The lowest BCUT2D eigenvalue weighted by atomic mass is 10.1. The molecular formula is C23H24N2O5. The third-order valence-corrected chi connectivity index (χ3v) is 4.96. The molecule has 7 heteroatoms. The molecule has 0 aliphatic carbocycles. The fraction of sp³-hybridized carbons (Fsp3) is 0.304. The number of anilines is 1. The fourth-order valence-corrected chi connectivity index (χ4v) is 3.32. The minimum Gasteiger partial charge on any atom is -0.453 e. The highest BCUT2D eigenvalue weighted by Crippen LogP contribution is 2.22. The zero-order chi connectivity index (χ0) is 21.8. The van der Waals surface area contributed by atoms with E-state index >= 15 is 0 Å². The molecule has 3 amide bonds. The number of carbonyl (C=O) groups is 4. The molecule has 156 valence electrons. The normalized spacial score (nSPS) is 13.8. The van der Waals surface area contributed by atoms with Gasteiger partial charge in [0.05, 0.1) is 11.1 Å². The Morgan fingerprint density at radius 2 is 1.67 bits per heavy atom. The number of ether oxygens (including phenoxy) is 1. The van der Waals surface area contributed by atoms with Crippen LogP contribution in [0.4, 0.5) is 5.69 Å². The number of hydrogen-bond donors (Lipinski definition) is 1. The Labute approximate surface area is 175 Å². The molecule has 1 atom stereocenters. The second-order valence-corrected chi connectivity index (χ2v) is 7.35. The molecule has 7 nitrogen and oxygen atoms in total. The highest BCUT2D eigenvalue weighted by Gasteiger charge is 2.34. The summed E-state index contributed by atoms with van der Waals surface area (Å²) in [7, 11) is 0. The lowest BCUT2D eigenvalue weighted by molar-refractivity contribution is -0.153. The van der Waals surface area contributed by atoms with Crippen LogP contribution in [0.2, 0.25) is 0 Å². The number of aryl methyl sites for hydroxylation is 2. The summed E-state index contributed by atoms with van der Waals surface area (Å²) in [6.07, 6.45) is -0.706. The molecule has 0 fully saturated rings. The molecule has 1 aliphatic heterocycles. The van der Waals surface area contributed by atoms with Crippen molar-refractivity contribution in [3.05, 3.63) is 64.7 Å². The maximum Gasteiger partial charge on any atom is 0.306 e. The van der Waals surface area contributed by atoms with Gasteiger partial charge >= 0.3 is 5.97 Å². The first-order valence-electron chi connectivity index (χ1n) is 9.80. The van der Waals surface area contributed by atoms with Crippen molar-refractivity contribution in [1.82, 2.24) is 4.90 Å². The van der Waals surface area contributed by atoms with Gasteiger partial charge in [0.15, 0.2) is 6.10 Å². The molecule has 1 N–H and O–H groups in total. The van der Waals surface area contributed by atoms with Crippen LogP contribution in [0.5, 0.6) is 0 Å². The SMILES string of the molecule is Cc1ccc(NC(=O)[C@H](C)OC(=O)CCCN2C(=O)c3ccccc3C2=O)c(C)c1. The zero-order valence-corrected chi connectivity index (χ0v) is 17.2. The van der Waals surface area contributed by atoms with Gasteiger partial charge in [0, 0.05) is 18.7 Å². The maximum atomic E-state index is 12.3. The number of hydrogen-bond acceptors (Lipinski definition) is 5. The average molecular weight is 408 g/mol. The van der Waals surface area contributed by atoms with Crippen LogP contribution in [0.15, 0.2) is 42.5 Å². The van der Waals surface area contributed by atoms with Crippen molar-refractivity contribution in [2.24, 2.45) is 0 Å². The summed E-state index contributed by atoms with van der Waals surface area (Å²) >= 11 is 0. The Morgan fingerprint density at radius 1 is 1.03 bits per heavy atom. The minimum absolute atomic E-state index is 0.00537. The first-order chi connectivity index (χ1) is 14.3. The van der Waals surface area contributed by atoms with E-state index in [2.05, 4.69) is 5.32 Å². The molecule has 0 spiro atoms. The van der Waals surface area contributed by atoms with Gasteiger partial charge in [0.1, 0.15) is 0 Å². The zero-order valence-electron chi connectivity index (χ0n) is 17.2. The van der Waals surface area contributed by atoms with Crippen molar-refractivity contribution in [1.29, 1.82) is 0 Å². The van der Waals surface area contributed by atoms with Gasteiger partial charge in [-0.15, -0.1) is 0 Å². The average Bonchev–Trinajstić information content (AvgIpc) is 2.95. The maximum absolute atomic E-state index is 12.3. The summed E-state index contributed by atoms with van der Waals surface area (Å²) in [4.78, 5) is 50.1. The number of nitrogens with zero attached hydrogens (tertiary/aromatic N) is 1. The number of rotatable bonds is 7. The quantitative estimate of drug-likeness (QED) is 0.561. The third kappa shape index (κ3) is 4.56. The lowest BCUT2D eigenvalue weighted by Crippen LogP contribution is -2.32. The topological polar surface area (TPSA) is 92.8 Å². The van der Waals surface area contributed by atoms with Crippen molar-refractivity contribution >= 4 is 29.4 Å². The highest BCUT2D eigenvalue weighted by molar-refractivity contribution is 6.21. The Kier molecular flexibility index (Phi) is 6.30. The monoisotopic (exact) mass is 408 g/mol. The number of benzene rings is 2. The molecule has 1 aliphatic rings. The first-order valence-corrected chi connectivity index (χ1v) is 9.80. The number of imide groups is 1. The van der Waals surface area contributed by atoms with E-state index < -0.39 is 18.0 Å². The fourth-order valence-electron chi connectivity index (χ4n) is 3.32. The molecule has 0 unspecified atom stereocenters. The van der Waals surface area contributed by atoms with Gasteiger partial charge in [-0.05, 0) is 51.0 Å². The van der Waals surface area contributed by atoms with E-state index in [-0.39, 0.29) is 31.2 Å². The molecule has 0 radical (unpaired) electrons. The summed E-state index contributed by atoms with van der Waals surface area (Å²) in [6, 6.07) is 12.3. The summed E-state index contributed by atoms with van der Waals surface area (Å²) in [5.41, 5.74) is 3.42. The third-order valence-electron chi connectivity index (χ3n) is 4.96. The summed E-state index contributed by atoms with van der Waals surface area (Å²) in [5.74, 6) is -1.69. The van der Waals surface area contributed by atoms with E-state index in [0.29, 0.717) is 16.8 Å². The second kappa shape index (κ2) is 8.90. The van der Waals surface area contributed by atoms with Crippen LogP contribution in [0, 0.1) is 13.8 Å². The molecule has 0 aromatic heterocycles. The van der Waals surface area contributed by atoms with Gasteiger partial charge in [0.25, 0.3) is 17.7 Å². The molecule has 1 heterocycles. The van der Waals surface area contributed by atoms with Crippen molar-refractivity contribution in [3.63, 3.8) is 0 Å². The molecule has 0 bridgehead atoms. The van der Waals surface area contributed by atoms with Crippen LogP contribution in [-0.4, -0.2) is 41.2 Å². The van der Waals surface area contributed by atoms with Gasteiger partial charge in [-0.2, -0.15) is 0 Å². The van der Waals surface area contributed by atoms with Crippen LogP contribution < -0.4 is 5.32 Å². The van der Waals surface area contributed by atoms with E-state index in [0.717, 1.165) is 16.0 Å². The first kappa shape index (κ1) is 21.2. The largest absolute Gasteiger partial charge is 0.453 e. The van der Waals surface area contributed by atoms with E-state index in [9.17, 15) is 19.2 Å². The predicted molar refractivity (Wildman–Crippen MR) is 111 cm³/mol. The summed E-state index contributed by atoms with van der Waals surface area (Å²) in [5, 5.41) is 2.75. The molecule has 3 rings (SSSR count). The minimum atomic E-state index is -0.961. The number of esters is 1. The Morgan fingerprint density at radius 3 is 2.27 bits per heavy atom. The Balaban J connectivity index is 1.46. The molecule has 2 aromatic carbocycles. The van der Waals surface area contributed by atoms with Crippen LogP contribution in [0.25, 0.3) is 0 Å². The highest BCUT2D eigenvalue weighted by atomic mass is 16.5. The molecule has 2 aromatic rings. The van der Waals surface area contributed by atoms with Gasteiger partial charge in [-0.3, -0.25) is 24.1 Å². The number of fused-ring (bicyclic) bond motifs is 1. The van der Waals surface area contributed by atoms with Gasteiger partial charge in [-0.1, -0.05) is 29.8 Å². The smallest absolute Gasteiger partial charge is 0.306 e. The van der Waals surface area contributed by atoms with Crippen molar-refractivity contribution < 1.29 is 23.9 Å². The summed E-state index contributed by atoms with van der Waals surface area (Å²) < 4.78 is 5.19. The number of carbonyl (C=O) groups excluding carboxylic acids is 4. The second-order valence-electron chi connectivity index (χ2n) is 7.35. The van der Waals surface area contributed by atoms with Crippen molar-refractivity contribution in [2.45, 2.75) is 39.7 Å². The Bertz CT molecular complexity index is 979. The number of amides is 3. The summed E-state index contributed by atoms with van der Waals surface area (Å²) in [6.45, 7) is 5.47. The van der Waals surface area contributed by atoms with Crippen molar-refractivity contribution in [2.75, 3.05) is 11.9 Å². The van der Waals surface area contributed by atoms with E-state index in [4.69, 9.17) is 4.74 Å². The molecule has 0 saturated heterocycles. The van der Waals surface area contributed by atoms with Crippen LogP contribution >= 0.6 is 0 Å². The van der Waals surface area contributed by atoms with E-state index in [1.54, 1.807) is 30.3 Å². The van der Waals surface area contributed by atoms with E-state index in [1.807, 2.05) is 26.0 Å². The van der Waals surface area contributed by atoms with Crippen LogP contribution in [0.1, 0.15) is 51.6 Å². The molecule has 30 heavy (non-hydrogen) atoms.